The van der Waals surface area contributed by atoms with Gasteiger partial charge in [-0.1, -0.05) is 108 Å². The molecular weight excluding hydrogens is 288 g/mol. The Kier molecular flexibility index (Phi) is 20.2. The largest absolute Gasteiger partial charge is 0.0998 e. The van der Waals surface area contributed by atoms with Crippen molar-refractivity contribution in [1.82, 2.24) is 0 Å². The molecule has 0 heterocycles. The van der Waals surface area contributed by atoms with Gasteiger partial charge in [0.25, 0.3) is 0 Å². The van der Waals surface area contributed by atoms with Crippen molar-refractivity contribution in [2.45, 2.75) is 75.2 Å². The Morgan fingerprint density at radius 1 is 0.917 bits per heavy atom. The molecule has 0 heteroatoms. The fraction of sp³-hybridized carbons (Fsp3) is 0.500. The third kappa shape index (κ3) is 18.5. The summed E-state index contributed by atoms with van der Waals surface area (Å²) in [6, 6.07) is 8.55. The second kappa shape index (κ2) is 17.8. The molecule has 0 N–H and O–H groups in total. The SMILES string of the molecule is C=C(C)CC(=C)C(C)C.C=C(C)Cc1cccc(C)c1.CC.CC. The highest BCUT2D eigenvalue weighted by Gasteiger charge is 1.98. The summed E-state index contributed by atoms with van der Waals surface area (Å²) in [7, 11) is 0. The number of aryl methyl sites for hydroxylation is 1. The van der Waals surface area contributed by atoms with Gasteiger partial charge in [0.1, 0.15) is 0 Å². The quantitative estimate of drug-likeness (QED) is 0.476. The van der Waals surface area contributed by atoms with Gasteiger partial charge in [-0.25, -0.2) is 0 Å². The van der Waals surface area contributed by atoms with Crippen LogP contribution in [0.2, 0.25) is 0 Å². The molecule has 0 atom stereocenters. The Labute approximate surface area is 153 Å². The summed E-state index contributed by atoms with van der Waals surface area (Å²) in [6.45, 7) is 30.2. The maximum absolute atomic E-state index is 3.93. The van der Waals surface area contributed by atoms with Crippen LogP contribution in [-0.4, -0.2) is 0 Å². The Hall–Kier alpha value is -1.56. The predicted octanol–water partition coefficient (Wildman–Crippen LogP) is 8.33. The molecule has 0 amide bonds. The topological polar surface area (TPSA) is 0 Å². The van der Waals surface area contributed by atoms with Crippen LogP contribution in [0.4, 0.5) is 0 Å². The molecule has 1 rings (SSSR count). The van der Waals surface area contributed by atoms with Crippen molar-refractivity contribution in [3.8, 4) is 0 Å². The van der Waals surface area contributed by atoms with Crippen molar-refractivity contribution in [3.63, 3.8) is 0 Å². The van der Waals surface area contributed by atoms with Gasteiger partial charge in [0.15, 0.2) is 0 Å². The van der Waals surface area contributed by atoms with Gasteiger partial charge in [-0.05, 0) is 45.1 Å². The molecule has 24 heavy (non-hydrogen) atoms. The van der Waals surface area contributed by atoms with E-state index in [0.29, 0.717) is 5.92 Å². The molecular formula is C24H42. The molecule has 138 valence electrons. The summed E-state index contributed by atoms with van der Waals surface area (Å²) < 4.78 is 0. The Balaban J connectivity index is -0.000000309. The highest BCUT2D eigenvalue weighted by atomic mass is 14.0. The minimum atomic E-state index is 0.599. The maximum atomic E-state index is 3.93. The highest BCUT2D eigenvalue weighted by Crippen LogP contribution is 2.14. The minimum absolute atomic E-state index is 0.599. The maximum Gasteiger partial charge on any atom is -0.00725 e. The molecule has 0 bridgehead atoms. The lowest BCUT2D eigenvalue weighted by Crippen LogP contribution is -1.91. The average Bonchev–Trinajstić information content (AvgIpc) is 2.50. The van der Waals surface area contributed by atoms with Crippen molar-refractivity contribution >= 4 is 0 Å². The lowest BCUT2D eigenvalue weighted by molar-refractivity contribution is 0.743. The number of hydrogen-bond acceptors (Lipinski definition) is 0. The Morgan fingerprint density at radius 2 is 1.42 bits per heavy atom. The predicted molar refractivity (Wildman–Crippen MR) is 116 cm³/mol. The summed E-state index contributed by atoms with van der Waals surface area (Å²) in [5.74, 6) is 0.599. The normalized spacial score (nSPS) is 8.58. The van der Waals surface area contributed by atoms with Gasteiger partial charge in [-0.15, -0.1) is 0 Å². The molecule has 1 aromatic rings. The van der Waals surface area contributed by atoms with E-state index < -0.39 is 0 Å². The van der Waals surface area contributed by atoms with E-state index in [1.165, 1.54) is 27.8 Å². The van der Waals surface area contributed by atoms with Gasteiger partial charge in [-0.3, -0.25) is 0 Å². The molecule has 0 saturated carbocycles. The van der Waals surface area contributed by atoms with Gasteiger partial charge in [0.05, 0.1) is 0 Å². The lowest BCUT2D eigenvalue weighted by atomic mass is 9.99. The fourth-order valence-corrected chi connectivity index (χ4v) is 1.76. The second-order valence-electron chi connectivity index (χ2n) is 6.07. The van der Waals surface area contributed by atoms with Gasteiger partial charge in [0, 0.05) is 0 Å². The lowest BCUT2D eigenvalue weighted by Gasteiger charge is -2.07. The average molecular weight is 331 g/mol. The first-order chi connectivity index (χ1) is 11.2. The summed E-state index contributed by atoms with van der Waals surface area (Å²) in [6.07, 6.45) is 1.99. The third-order valence-corrected chi connectivity index (χ3v) is 2.93. The van der Waals surface area contributed by atoms with E-state index in [4.69, 9.17) is 0 Å². The summed E-state index contributed by atoms with van der Waals surface area (Å²) in [5, 5.41) is 0. The van der Waals surface area contributed by atoms with Crippen molar-refractivity contribution < 1.29 is 0 Å². The van der Waals surface area contributed by atoms with Crippen molar-refractivity contribution in [1.29, 1.82) is 0 Å². The number of rotatable bonds is 5. The molecule has 0 aliphatic rings. The van der Waals surface area contributed by atoms with Gasteiger partial charge in [-0.2, -0.15) is 0 Å². The van der Waals surface area contributed by atoms with E-state index in [2.05, 4.69) is 71.7 Å². The Morgan fingerprint density at radius 3 is 1.71 bits per heavy atom. The van der Waals surface area contributed by atoms with Crippen molar-refractivity contribution in [2.24, 2.45) is 5.92 Å². The van der Waals surface area contributed by atoms with Crippen LogP contribution in [-0.2, 0) is 6.42 Å². The first kappa shape index (κ1) is 27.3. The summed E-state index contributed by atoms with van der Waals surface area (Å²) >= 11 is 0. The zero-order valence-corrected chi connectivity index (χ0v) is 17.9. The molecule has 0 unspecified atom stereocenters. The smallest absolute Gasteiger partial charge is 0.00725 e. The first-order valence-electron chi connectivity index (χ1n) is 9.24. The summed E-state index contributed by atoms with van der Waals surface area (Å²) in [4.78, 5) is 0. The van der Waals surface area contributed by atoms with E-state index in [-0.39, 0.29) is 0 Å². The molecule has 0 nitrogen and oxygen atoms in total. The van der Waals surface area contributed by atoms with E-state index in [9.17, 15) is 0 Å². The van der Waals surface area contributed by atoms with Crippen LogP contribution in [0.5, 0.6) is 0 Å². The molecule has 0 fully saturated rings. The third-order valence-electron chi connectivity index (χ3n) is 2.93. The van der Waals surface area contributed by atoms with Crippen LogP contribution in [0.25, 0.3) is 0 Å². The number of benzene rings is 1. The molecule has 0 aliphatic heterocycles. The van der Waals surface area contributed by atoms with Crippen molar-refractivity contribution in [3.05, 3.63) is 71.8 Å². The summed E-state index contributed by atoms with van der Waals surface area (Å²) in [5.41, 5.74) is 6.38. The van der Waals surface area contributed by atoms with Gasteiger partial charge >= 0.3 is 0 Å². The molecule has 0 aromatic heterocycles. The number of allylic oxidation sites excluding steroid dienone is 3. The molecule has 0 aliphatic carbocycles. The molecule has 0 saturated heterocycles. The minimum Gasteiger partial charge on any atom is -0.0998 e. The zero-order chi connectivity index (χ0) is 19.7. The van der Waals surface area contributed by atoms with E-state index in [1.54, 1.807) is 0 Å². The van der Waals surface area contributed by atoms with Crippen molar-refractivity contribution in [2.75, 3.05) is 0 Å². The zero-order valence-electron chi connectivity index (χ0n) is 17.9. The standard InChI is InChI=1S/C11H14.C9H16.2C2H6/c1-9(2)7-11-6-4-5-10(3)8-11;1-7(2)6-9(5)8(3)4;2*1-2/h4-6,8H,1,7H2,2-3H3;8H,1,5-6H2,2-4H3;2*1-2H3. The first-order valence-corrected chi connectivity index (χ1v) is 9.24. The fourth-order valence-electron chi connectivity index (χ4n) is 1.76. The van der Waals surface area contributed by atoms with Gasteiger partial charge in [0.2, 0.25) is 0 Å². The molecule has 0 radical (unpaired) electrons. The van der Waals surface area contributed by atoms with E-state index >= 15 is 0 Å². The number of hydrogen-bond donors (Lipinski definition) is 0. The van der Waals surface area contributed by atoms with Crippen LogP contribution in [0.15, 0.2) is 60.7 Å². The Bertz CT molecular complexity index is 461. The van der Waals surface area contributed by atoms with E-state index in [0.717, 1.165) is 12.8 Å². The molecule has 0 spiro atoms. The van der Waals surface area contributed by atoms with Crippen LogP contribution < -0.4 is 0 Å². The van der Waals surface area contributed by atoms with Crippen LogP contribution in [0, 0.1) is 12.8 Å². The van der Waals surface area contributed by atoms with Gasteiger partial charge < -0.3 is 0 Å². The van der Waals surface area contributed by atoms with Crippen LogP contribution in [0.3, 0.4) is 0 Å². The highest BCUT2D eigenvalue weighted by molar-refractivity contribution is 5.25. The van der Waals surface area contributed by atoms with Crippen LogP contribution in [0.1, 0.15) is 72.9 Å². The second-order valence-corrected chi connectivity index (χ2v) is 6.07. The van der Waals surface area contributed by atoms with E-state index in [1.807, 2.05) is 34.6 Å². The van der Waals surface area contributed by atoms with Crippen LogP contribution >= 0.6 is 0 Å². The molecule has 1 aromatic carbocycles. The monoisotopic (exact) mass is 330 g/mol.